The predicted octanol–water partition coefficient (Wildman–Crippen LogP) is 2.38. The summed E-state index contributed by atoms with van der Waals surface area (Å²) in [5.74, 6) is 0.908. The third-order valence-electron chi connectivity index (χ3n) is 3.83. The maximum Gasteiger partial charge on any atom is 0.119 e. The molecule has 0 aliphatic carbocycles. The number of hydrogen-bond acceptors (Lipinski definition) is 3. The second kappa shape index (κ2) is 5.19. The van der Waals surface area contributed by atoms with Crippen LogP contribution in [0.5, 0.6) is 5.75 Å². The number of likely N-dealkylation sites (tertiary alicyclic amines) is 1. The van der Waals surface area contributed by atoms with E-state index in [2.05, 4.69) is 35.2 Å². The molecule has 1 fully saturated rings. The summed E-state index contributed by atoms with van der Waals surface area (Å²) in [5.41, 5.74) is 7.30. The Morgan fingerprint density at radius 1 is 1.21 bits per heavy atom. The summed E-state index contributed by atoms with van der Waals surface area (Å²) >= 11 is 0. The Morgan fingerprint density at radius 2 is 2.00 bits per heavy atom. The average Bonchev–Trinajstić information content (AvgIpc) is 2.83. The van der Waals surface area contributed by atoms with Gasteiger partial charge in [-0.15, -0.1) is 0 Å². The molecule has 0 aromatic heterocycles. The summed E-state index contributed by atoms with van der Waals surface area (Å²) in [6, 6.07) is 13.2. The van der Waals surface area contributed by atoms with E-state index in [0.29, 0.717) is 6.04 Å². The van der Waals surface area contributed by atoms with Crippen LogP contribution in [0.2, 0.25) is 0 Å². The predicted molar refractivity (Wildman–Crippen MR) is 78.4 cm³/mol. The molecule has 3 nitrogen and oxygen atoms in total. The smallest absolute Gasteiger partial charge is 0.119 e. The van der Waals surface area contributed by atoms with Crippen molar-refractivity contribution in [3.63, 3.8) is 0 Å². The minimum atomic E-state index is 0.352. The SMILES string of the molecule is COc1ccc2cc(CN3CCC(N)C3)ccc2c1. The summed E-state index contributed by atoms with van der Waals surface area (Å²) in [6.07, 6.45) is 1.12. The number of ether oxygens (including phenoxy) is 1. The molecule has 2 aromatic carbocycles. The first kappa shape index (κ1) is 12.5. The number of hydrogen-bond donors (Lipinski definition) is 1. The van der Waals surface area contributed by atoms with Crippen LogP contribution in [0, 0.1) is 0 Å². The Balaban J connectivity index is 1.81. The van der Waals surface area contributed by atoms with Gasteiger partial charge in [0.15, 0.2) is 0 Å². The molecular formula is C16H20N2O. The fourth-order valence-electron chi connectivity index (χ4n) is 2.76. The van der Waals surface area contributed by atoms with Crippen molar-refractivity contribution in [2.24, 2.45) is 5.73 Å². The molecule has 2 aromatic rings. The highest BCUT2D eigenvalue weighted by Gasteiger charge is 2.18. The highest BCUT2D eigenvalue weighted by Crippen LogP contribution is 2.23. The lowest BCUT2D eigenvalue weighted by Crippen LogP contribution is -2.26. The molecule has 3 rings (SSSR count). The van der Waals surface area contributed by atoms with Gasteiger partial charge in [0.2, 0.25) is 0 Å². The Bertz CT molecular complexity index is 582. The van der Waals surface area contributed by atoms with Gasteiger partial charge in [0, 0.05) is 25.7 Å². The van der Waals surface area contributed by atoms with E-state index in [1.54, 1.807) is 7.11 Å². The monoisotopic (exact) mass is 256 g/mol. The van der Waals surface area contributed by atoms with E-state index in [0.717, 1.165) is 31.8 Å². The highest BCUT2D eigenvalue weighted by atomic mass is 16.5. The van der Waals surface area contributed by atoms with Gasteiger partial charge >= 0.3 is 0 Å². The van der Waals surface area contributed by atoms with Crippen molar-refractivity contribution in [3.8, 4) is 5.75 Å². The second-order valence-electron chi connectivity index (χ2n) is 5.33. The molecule has 0 radical (unpaired) electrons. The molecule has 100 valence electrons. The first-order chi connectivity index (χ1) is 9.24. The fourth-order valence-corrected chi connectivity index (χ4v) is 2.76. The van der Waals surface area contributed by atoms with Crippen LogP contribution in [0.4, 0.5) is 0 Å². The molecule has 0 saturated carbocycles. The molecule has 1 aliphatic heterocycles. The van der Waals surface area contributed by atoms with E-state index in [-0.39, 0.29) is 0 Å². The van der Waals surface area contributed by atoms with Crippen molar-refractivity contribution in [1.29, 1.82) is 0 Å². The molecular weight excluding hydrogens is 236 g/mol. The van der Waals surface area contributed by atoms with Crippen LogP contribution in [-0.2, 0) is 6.54 Å². The van der Waals surface area contributed by atoms with Gasteiger partial charge in [0.05, 0.1) is 7.11 Å². The maximum absolute atomic E-state index is 5.95. The van der Waals surface area contributed by atoms with Gasteiger partial charge in [-0.1, -0.05) is 18.2 Å². The average molecular weight is 256 g/mol. The lowest BCUT2D eigenvalue weighted by Gasteiger charge is -2.15. The molecule has 1 heterocycles. The number of nitrogens with zero attached hydrogens (tertiary/aromatic N) is 1. The summed E-state index contributed by atoms with van der Waals surface area (Å²) in [7, 11) is 1.70. The van der Waals surface area contributed by atoms with Crippen LogP contribution in [0.1, 0.15) is 12.0 Å². The maximum atomic E-state index is 5.95. The molecule has 1 saturated heterocycles. The molecule has 0 bridgehead atoms. The summed E-state index contributed by atoms with van der Waals surface area (Å²) in [6.45, 7) is 3.12. The zero-order valence-electron chi connectivity index (χ0n) is 11.3. The van der Waals surface area contributed by atoms with Crippen molar-refractivity contribution in [2.45, 2.75) is 19.0 Å². The number of rotatable bonds is 3. The quantitative estimate of drug-likeness (QED) is 0.916. The van der Waals surface area contributed by atoms with Gasteiger partial charge in [0.1, 0.15) is 5.75 Å². The van der Waals surface area contributed by atoms with Gasteiger partial charge in [-0.25, -0.2) is 0 Å². The van der Waals surface area contributed by atoms with Gasteiger partial charge in [0.25, 0.3) is 0 Å². The van der Waals surface area contributed by atoms with Gasteiger partial charge < -0.3 is 10.5 Å². The third-order valence-corrected chi connectivity index (χ3v) is 3.83. The van der Waals surface area contributed by atoms with E-state index in [1.165, 1.54) is 16.3 Å². The first-order valence-corrected chi connectivity index (χ1v) is 6.79. The van der Waals surface area contributed by atoms with Crippen molar-refractivity contribution < 1.29 is 4.74 Å². The van der Waals surface area contributed by atoms with E-state index < -0.39 is 0 Å². The molecule has 2 N–H and O–H groups in total. The van der Waals surface area contributed by atoms with Crippen LogP contribution in [0.3, 0.4) is 0 Å². The number of methoxy groups -OCH3 is 1. The molecule has 0 spiro atoms. The molecule has 1 aliphatic rings. The Hall–Kier alpha value is -1.58. The topological polar surface area (TPSA) is 38.5 Å². The lowest BCUT2D eigenvalue weighted by atomic mass is 10.1. The van der Waals surface area contributed by atoms with Crippen LogP contribution in [0.15, 0.2) is 36.4 Å². The standard InChI is InChI=1S/C16H20N2O/c1-19-16-5-4-13-8-12(2-3-14(13)9-16)10-18-7-6-15(17)11-18/h2-5,8-9,15H,6-7,10-11,17H2,1H3. The summed E-state index contributed by atoms with van der Waals surface area (Å²) in [4.78, 5) is 2.43. The number of benzene rings is 2. The third kappa shape index (κ3) is 2.72. The molecule has 1 atom stereocenters. The highest BCUT2D eigenvalue weighted by molar-refractivity contribution is 5.84. The van der Waals surface area contributed by atoms with Gasteiger partial charge in [-0.05, 0) is 41.0 Å². The van der Waals surface area contributed by atoms with Crippen molar-refractivity contribution >= 4 is 10.8 Å². The minimum Gasteiger partial charge on any atom is -0.497 e. The normalized spacial score (nSPS) is 20.0. The zero-order valence-corrected chi connectivity index (χ0v) is 11.3. The Labute approximate surface area is 114 Å². The minimum absolute atomic E-state index is 0.352. The van der Waals surface area contributed by atoms with Crippen LogP contribution >= 0.6 is 0 Å². The van der Waals surface area contributed by atoms with Crippen molar-refractivity contribution in [3.05, 3.63) is 42.0 Å². The van der Waals surface area contributed by atoms with E-state index in [4.69, 9.17) is 10.5 Å². The molecule has 1 unspecified atom stereocenters. The molecule has 19 heavy (non-hydrogen) atoms. The molecule has 0 amide bonds. The summed E-state index contributed by atoms with van der Waals surface area (Å²) < 4.78 is 5.25. The van der Waals surface area contributed by atoms with Crippen LogP contribution in [-0.4, -0.2) is 31.1 Å². The fraction of sp³-hybridized carbons (Fsp3) is 0.375. The van der Waals surface area contributed by atoms with Crippen molar-refractivity contribution in [2.75, 3.05) is 20.2 Å². The van der Waals surface area contributed by atoms with Crippen molar-refractivity contribution in [1.82, 2.24) is 4.90 Å². The van der Waals surface area contributed by atoms with E-state index in [1.807, 2.05) is 6.07 Å². The lowest BCUT2D eigenvalue weighted by molar-refractivity contribution is 0.327. The van der Waals surface area contributed by atoms with Crippen LogP contribution < -0.4 is 10.5 Å². The Morgan fingerprint density at radius 3 is 2.74 bits per heavy atom. The Kier molecular flexibility index (Phi) is 3.40. The van der Waals surface area contributed by atoms with Gasteiger partial charge in [-0.3, -0.25) is 4.90 Å². The molecule has 3 heteroatoms. The van der Waals surface area contributed by atoms with E-state index in [9.17, 15) is 0 Å². The van der Waals surface area contributed by atoms with E-state index >= 15 is 0 Å². The first-order valence-electron chi connectivity index (χ1n) is 6.79. The summed E-state index contributed by atoms with van der Waals surface area (Å²) in [5, 5.41) is 2.49. The van der Waals surface area contributed by atoms with Gasteiger partial charge in [-0.2, -0.15) is 0 Å². The number of nitrogens with two attached hydrogens (primary N) is 1. The second-order valence-corrected chi connectivity index (χ2v) is 5.33. The number of fused-ring (bicyclic) bond motifs is 1. The van der Waals surface area contributed by atoms with Crippen LogP contribution in [0.25, 0.3) is 10.8 Å². The zero-order chi connectivity index (χ0) is 13.2. The largest absolute Gasteiger partial charge is 0.497 e.